The molecule has 0 bridgehead atoms. The van der Waals surface area contributed by atoms with Crippen LogP contribution in [0, 0.1) is 6.92 Å². The van der Waals surface area contributed by atoms with Crippen LogP contribution in [0.5, 0.6) is 0 Å². The standard InChI is InChI=1S/C15H25NOS/c1-4-8-16-15(10-17-3)12-18-11-14-7-5-6-13(2)9-14/h5-7,9,15-16H,4,8,10-12H2,1-3H3. The van der Waals surface area contributed by atoms with Crippen LogP contribution in [-0.2, 0) is 10.5 Å². The number of methoxy groups -OCH3 is 1. The maximum Gasteiger partial charge on any atom is 0.0623 e. The summed E-state index contributed by atoms with van der Waals surface area (Å²) in [5.74, 6) is 2.18. The highest BCUT2D eigenvalue weighted by molar-refractivity contribution is 7.98. The highest BCUT2D eigenvalue weighted by Gasteiger charge is 2.07. The van der Waals surface area contributed by atoms with Crippen molar-refractivity contribution in [1.82, 2.24) is 5.32 Å². The Balaban J connectivity index is 2.29. The first kappa shape index (κ1) is 15.5. The minimum atomic E-state index is 0.463. The molecular weight excluding hydrogens is 242 g/mol. The van der Waals surface area contributed by atoms with E-state index in [1.54, 1.807) is 7.11 Å². The number of nitrogens with one attached hydrogen (secondary N) is 1. The van der Waals surface area contributed by atoms with Crippen molar-refractivity contribution in [2.24, 2.45) is 0 Å². The third kappa shape index (κ3) is 6.43. The third-order valence-corrected chi connectivity index (χ3v) is 3.90. The topological polar surface area (TPSA) is 21.3 Å². The van der Waals surface area contributed by atoms with Crippen LogP contribution < -0.4 is 5.32 Å². The zero-order valence-corrected chi connectivity index (χ0v) is 12.6. The van der Waals surface area contributed by atoms with Gasteiger partial charge < -0.3 is 10.1 Å². The van der Waals surface area contributed by atoms with Crippen LogP contribution >= 0.6 is 11.8 Å². The number of hydrogen-bond donors (Lipinski definition) is 1. The quantitative estimate of drug-likeness (QED) is 0.742. The first-order chi connectivity index (χ1) is 8.76. The second-order valence-corrected chi connectivity index (χ2v) is 5.64. The first-order valence-corrected chi connectivity index (χ1v) is 7.77. The third-order valence-electron chi connectivity index (χ3n) is 2.72. The molecule has 3 heteroatoms. The fourth-order valence-corrected chi connectivity index (χ4v) is 2.87. The summed E-state index contributed by atoms with van der Waals surface area (Å²) in [5.41, 5.74) is 2.75. The van der Waals surface area contributed by atoms with Crippen molar-refractivity contribution >= 4 is 11.8 Å². The first-order valence-electron chi connectivity index (χ1n) is 6.62. The van der Waals surface area contributed by atoms with Gasteiger partial charge in [-0.15, -0.1) is 0 Å². The van der Waals surface area contributed by atoms with Crippen LogP contribution in [0.15, 0.2) is 24.3 Å². The summed E-state index contributed by atoms with van der Waals surface area (Å²) in [6.45, 7) is 6.20. The predicted molar refractivity (Wildman–Crippen MR) is 81.3 cm³/mol. The fourth-order valence-electron chi connectivity index (χ4n) is 1.84. The molecule has 1 unspecified atom stereocenters. The molecule has 1 rings (SSSR count). The van der Waals surface area contributed by atoms with Crippen LogP contribution in [0.4, 0.5) is 0 Å². The van der Waals surface area contributed by atoms with E-state index >= 15 is 0 Å². The molecule has 0 radical (unpaired) electrons. The van der Waals surface area contributed by atoms with Gasteiger partial charge in [-0.2, -0.15) is 11.8 Å². The Morgan fingerprint density at radius 1 is 1.39 bits per heavy atom. The largest absolute Gasteiger partial charge is 0.383 e. The number of aryl methyl sites for hydroxylation is 1. The molecule has 0 aliphatic rings. The molecule has 0 aromatic heterocycles. The van der Waals surface area contributed by atoms with E-state index in [4.69, 9.17) is 4.74 Å². The van der Waals surface area contributed by atoms with Crippen LogP contribution in [-0.4, -0.2) is 32.1 Å². The fraction of sp³-hybridized carbons (Fsp3) is 0.600. The van der Waals surface area contributed by atoms with Crippen molar-refractivity contribution in [3.8, 4) is 0 Å². The van der Waals surface area contributed by atoms with Crippen molar-refractivity contribution in [2.45, 2.75) is 32.1 Å². The van der Waals surface area contributed by atoms with Crippen LogP contribution in [0.1, 0.15) is 24.5 Å². The molecule has 0 heterocycles. The Kier molecular flexibility index (Phi) is 8.14. The Morgan fingerprint density at radius 2 is 2.22 bits per heavy atom. The van der Waals surface area contributed by atoms with Crippen molar-refractivity contribution in [2.75, 3.05) is 26.0 Å². The summed E-state index contributed by atoms with van der Waals surface area (Å²) >= 11 is 1.97. The lowest BCUT2D eigenvalue weighted by atomic mass is 10.2. The maximum absolute atomic E-state index is 5.25. The van der Waals surface area contributed by atoms with E-state index < -0.39 is 0 Å². The number of thioether (sulfide) groups is 1. The molecule has 0 aliphatic heterocycles. The minimum absolute atomic E-state index is 0.463. The number of ether oxygens (including phenoxy) is 1. The van der Waals surface area contributed by atoms with Crippen LogP contribution in [0.25, 0.3) is 0 Å². The molecule has 0 amide bonds. The highest BCUT2D eigenvalue weighted by atomic mass is 32.2. The predicted octanol–water partition coefficient (Wildman–Crippen LogP) is 3.24. The van der Waals surface area contributed by atoms with Gasteiger partial charge in [0.05, 0.1) is 6.61 Å². The molecule has 1 N–H and O–H groups in total. The SMILES string of the molecule is CCCNC(COC)CSCc1cccc(C)c1. The van der Waals surface area contributed by atoms with Gasteiger partial charge in [-0.1, -0.05) is 36.8 Å². The molecule has 0 fully saturated rings. The molecule has 0 spiro atoms. The number of benzene rings is 1. The molecular formula is C15H25NOS. The second-order valence-electron chi connectivity index (χ2n) is 4.61. The molecule has 18 heavy (non-hydrogen) atoms. The molecule has 1 aromatic rings. The van der Waals surface area contributed by atoms with E-state index in [0.29, 0.717) is 6.04 Å². The monoisotopic (exact) mass is 267 g/mol. The smallest absolute Gasteiger partial charge is 0.0623 e. The van der Waals surface area contributed by atoms with Crippen molar-refractivity contribution in [3.63, 3.8) is 0 Å². The molecule has 1 atom stereocenters. The molecule has 0 saturated carbocycles. The number of hydrogen-bond acceptors (Lipinski definition) is 3. The summed E-state index contributed by atoms with van der Waals surface area (Å²) < 4.78 is 5.25. The summed E-state index contributed by atoms with van der Waals surface area (Å²) in [5, 5.41) is 3.52. The van der Waals surface area contributed by atoms with Gasteiger partial charge in [0.25, 0.3) is 0 Å². The van der Waals surface area contributed by atoms with Crippen molar-refractivity contribution < 1.29 is 4.74 Å². The maximum atomic E-state index is 5.25. The van der Waals surface area contributed by atoms with Gasteiger partial charge in [0.15, 0.2) is 0 Å². The minimum Gasteiger partial charge on any atom is -0.383 e. The lowest BCUT2D eigenvalue weighted by molar-refractivity contribution is 0.174. The van der Waals surface area contributed by atoms with Gasteiger partial charge in [0, 0.05) is 24.7 Å². The average molecular weight is 267 g/mol. The number of rotatable bonds is 9. The Hall–Kier alpha value is -0.510. The van der Waals surface area contributed by atoms with Crippen LogP contribution in [0.3, 0.4) is 0 Å². The summed E-state index contributed by atoms with van der Waals surface area (Å²) in [7, 11) is 1.77. The van der Waals surface area contributed by atoms with Gasteiger partial charge in [-0.3, -0.25) is 0 Å². The Morgan fingerprint density at radius 3 is 2.89 bits per heavy atom. The Bertz CT molecular complexity index is 330. The van der Waals surface area contributed by atoms with Gasteiger partial charge in [-0.05, 0) is 25.5 Å². The summed E-state index contributed by atoms with van der Waals surface area (Å²) in [6.07, 6.45) is 1.17. The molecule has 0 aliphatic carbocycles. The molecule has 1 aromatic carbocycles. The van der Waals surface area contributed by atoms with Crippen LogP contribution in [0.2, 0.25) is 0 Å². The molecule has 0 saturated heterocycles. The van der Waals surface area contributed by atoms with Gasteiger partial charge >= 0.3 is 0 Å². The van der Waals surface area contributed by atoms with Gasteiger partial charge in [0.1, 0.15) is 0 Å². The highest BCUT2D eigenvalue weighted by Crippen LogP contribution is 2.14. The van der Waals surface area contributed by atoms with E-state index in [1.807, 2.05) is 11.8 Å². The zero-order valence-electron chi connectivity index (χ0n) is 11.7. The van der Waals surface area contributed by atoms with E-state index in [-0.39, 0.29) is 0 Å². The van der Waals surface area contributed by atoms with E-state index in [1.165, 1.54) is 17.5 Å². The molecule has 102 valence electrons. The lowest BCUT2D eigenvalue weighted by Gasteiger charge is -2.17. The Labute approximate surface area is 116 Å². The zero-order chi connectivity index (χ0) is 13.2. The van der Waals surface area contributed by atoms with Crippen molar-refractivity contribution in [3.05, 3.63) is 35.4 Å². The molecule has 2 nitrogen and oxygen atoms in total. The summed E-state index contributed by atoms with van der Waals surface area (Å²) in [6, 6.07) is 9.20. The van der Waals surface area contributed by atoms with Gasteiger partial charge in [-0.25, -0.2) is 0 Å². The van der Waals surface area contributed by atoms with Crippen molar-refractivity contribution in [1.29, 1.82) is 0 Å². The normalized spacial score (nSPS) is 12.6. The summed E-state index contributed by atoms with van der Waals surface area (Å²) in [4.78, 5) is 0. The second kappa shape index (κ2) is 9.42. The van der Waals surface area contributed by atoms with E-state index in [0.717, 1.165) is 24.7 Å². The average Bonchev–Trinajstić information content (AvgIpc) is 2.36. The van der Waals surface area contributed by atoms with Gasteiger partial charge in [0.2, 0.25) is 0 Å². The van der Waals surface area contributed by atoms with E-state index in [2.05, 4.69) is 43.4 Å². The lowest BCUT2D eigenvalue weighted by Crippen LogP contribution is -2.35. The van der Waals surface area contributed by atoms with E-state index in [9.17, 15) is 0 Å².